The summed E-state index contributed by atoms with van der Waals surface area (Å²) in [6.45, 7) is 1.72. The predicted molar refractivity (Wildman–Crippen MR) is 102 cm³/mol. The van der Waals surface area contributed by atoms with Crippen molar-refractivity contribution in [1.29, 1.82) is 0 Å². The molecule has 7 nitrogen and oxygen atoms in total. The second kappa shape index (κ2) is 8.15. The first kappa shape index (κ1) is 21.9. The fraction of sp³-hybridized carbons (Fsp3) is 0.316. The number of methoxy groups -OCH3 is 1. The number of nitrogens with zero attached hydrogens (tertiary/aromatic N) is 1. The molecule has 1 aliphatic rings. The third-order valence-electron chi connectivity index (χ3n) is 4.58. The van der Waals surface area contributed by atoms with E-state index in [0.717, 1.165) is 16.4 Å². The molecule has 11 heteroatoms. The summed E-state index contributed by atoms with van der Waals surface area (Å²) in [4.78, 5) is 11.8. The Labute approximate surface area is 171 Å². The average molecular weight is 444 g/mol. The van der Waals surface area contributed by atoms with E-state index in [9.17, 15) is 26.4 Å². The van der Waals surface area contributed by atoms with E-state index < -0.39 is 33.8 Å². The maximum atomic E-state index is 13.0. The maximum Gasteiger partial charge on any atom is 0.416 e. The van der Waals surface area contributed by atoms with Crippen molar-refractivity contribution in [1.82, 2.24) is 4.31 Å². The minimum absolute atomic E-state index is 0.0440. The summed E-state index contributed by atoms with van der Waals surface area (Å²) >= 11 is 0. The van der Waals surface area contributed by atoms with Crippen LogP contribution in [0.15, 0.2) is 47.4 Å². The van der Waals surface area contributed by atoms with Crippen molar-refractivity contribution in [2.24, 2.45) is 0 Å². The van der Waals surface area contributed by atoms with E-state index in [1.807, 2.05) is 0 Å². The third kappa shape index (κ3) is 4.36. The van der Waals surface area contributed by atoms with Gasteiger partial charge in [0.25, 0.3) is 0 Å². The number of ether oxygens (including phenoxy) is 2. The number of hydrogen-bond acceptors (Lipinski definition) is 6. The Morgan fingerprint density at radius 1 is 1.13 bits per heavy atom. The molecule has 0 saturated heterocycles. The number of nitrogens with one attached hydrogen (secondary N) is 1. The van der Waals surface area contributed by atoms with Crippen LogP contribution >= 0.6 is 0 Å². The lowest BCUT2D eigenvalue weighted by atomic mass is 10.2. The number of benzene rings is 2. The molecule has 0 fully saturated rings. The predicted octanol–water partition coefficient (Wildman–Crippen LogP) is 3.48. The van der Waals surface area contributed by atoms with Gasteiger partial charge in [-0.1, -0.05) is 0 Å². The summed E-state index contributed by atoms with van der Waals surface area (Å²) in [5.41, 5.74) is -0.539. The van der Waals surface area contributed by atoms with Crippen molar-refractivity contribution in [3.63, 3.8) is 0 Å². The van der Waals surface area contributed by atoms with Crippen molar-refractivity contribution >= 4 is 21.7 Å². The Balaban J connectivity index is 1.87. The average Bonchev–Trinajstić information content (AvgIpc) is 2.82. The summed E-state index contributed by atoms with van der Waals surface area (Å²) in [6.07, 6.45) is -4.45. The molecule has 162 valence electrons. The molecule has 2 aromatic rings. The standard InChI is InChI=1S/C19H19F3N2O5S/c1-12(18(25)28-2)24-10-9-23-16-11-15(7-8-17(16)30(24,26)27)29-14-5-3-13(4-6-14)19(20,21)22/h3-8,11-12,23H,9-10H2,1-2H3/t12-/m1/s1. The Morgan fingerprint density at radius 3 is 2.37 bits per heavy atom. The zero-order valence-corrected chi connectivity index (χ0v) is 16.9. The zero-order chi connectivity index (χ0) is 22.1. The highest BCUT2D eigenvalue weighted by Gasteiger charge is 2.36. The quantitative estimate of drug-likeness (QED) is 0.727. The van der Waals surface area contributed by atoms with Gasteiger partial charge >= 0.3 is 12.1 Å². The van der Waals surface area contributed by atoms with Gasteiger partial charge in [0.15, 0.2) is 0 Å². The van der Waals surface area contributed by atoms with Crippen LogP contribution in [-0.2, 0) is 25.7 Å². The normalized spacial score (nSPS) is 17.2. The van der Waals surface area contributed by atoms with E-state index in [-0.39, 0.29) is 35.2 Å². The van der Waals surface area contributed by atoms with Gasteiger partial charge in [-0.25, -0.2) is 8.42 Å². The lowest BCUT2D eigenvalue weighted by molar-refractivity contribution is -0.144. The van der Waals surface area contributed by atoms with Gasteiger partial charge in [-0.3, -0.25) is 4.79 Å². The molecule has 1 heterocycles. The number of halogens is 3. The first-order chi connectivity index (χ1) is 14.0. The van der Waals surface area contributed by atoms with Crippen LogP contribution in [0.1, 0.15) is 12.5 Å². The fourth-order valence-electron chi connectivity index (χ4n) is 3.02. The number of esters is 1. The van der Waals surface area contributed by atoms with Gasteiger partial charge in [0.1, 0.15) is 22.4 Å². The van der Waals surface area contributed by atoms with Crippen molar-refractivity contribution in [3.05, 3.63) is 48.0 Å². The highest BCUT2D eigenvalue weighted by molar-refractivity contribution is 7.89. The van der Waals surface area contributed by atoms with Crippen LogP contribution in [0.5, 0.6) is 11.5 Å². The Hall–Kier alpha value is -2.79. The number of alkyl halides is 3. The molecule has 3 rings (SSSR count). The lowest BCUT2D eigenvalue weighted by Gasteiger charge is -2.24. The highest BCUT2D eigenvalue weighted by Crippen LogP contribution is 2.35. The minimum atomic E-state index is -4.45. The summed E-state index contributed by atoms with van der Waals surface area (Å²) in [6, 6.07) is 7.30. The molecular weight excluding hydrogens is 425 g/mol. The lowest BCUT2D eigenvalue weighted by Crippen LogP contribution is -2.44. The molecule has 0 bridgehead atoms. The van der Waals surface area contributed by atoms with Gasteiger partial charge in [-0.15, -0.1) is 0 Å². The Morgan fingerprint density at radius 2 is 1.77 bits per heavy atom. The van der Waals surface area contributed by atoms with E-state index in [1.54, 1.807) is 0 Å². The number of anilines is 1. The van der Waals surface area contributed by atoms with E-state index in [4.69, 9.17) is 4.74 Å². The van der Waals surface area contributed by atoms with Crippen LogP contribution < -0.4 is 10.1 Å². The van der Waals surface area contributed by atoms with Crippen LogP contribution in [0, 0.1) is 0 Å². The minimum Gasteiger partial charge on any atom is -0.468 e. The molecule has 0 radical (unpaired) electrons. The number of hydrogen-bond donors (Lipinski definition) is 1. The van der Waals surface area contributed by atoms with Crippen LogP contribution in [0.25, 0.3) is 0 Å². The summed E-state index contributed by atoms with van der Waals surface area (Å²) in [7, 11) is -2.81. The molecule has 0 aromatic heterocycles. The number of carbonyl (C=O) groups is 1. The van der Waals surface area contributed by atoms with Crippen LogP contribution in [0.2, 0.25) is 0 Å². The summed E-state index contributed by atoms with van der Waals surface area (Å²) < 4.78 is 75.3. The number of carbonyl (C=O) groups excluding carboxylic acids is 1. The van der Waals surface area contributed by atoms with E-state index >= 15 is 0 Å². The number of fused-ring (bicyclic) bond motifs is 1. The maximum absolute atomic E-state index is 13.0. The monoisotopic (exact) mass is 444 g/mol. The summed E-state index contributed by atoms with van der Waals surface area (Å²) in [5, 5.41) is 2.98. The SMILES string of the molecule is COC(=O)[C@@H](C)N1CCNc2cc(Oc3ccc(C(F)(F)F)cc3)ccc2S1(=O)=O. The van der Waals surface area contributed by atoms with Gasteiger partial charge in [0.05, 0.1) is 18.4 Å². The highest BCUT2D eigenvalue weighted by atomic mass is 32.2. The molecule has 0 amide bonds. The molecule has 0 spiro atoms. The van der Waals surface area contributed by atoms with Gasteiger partial charge in [0, 0.05) is 19.2 Å². The first-order valence-electron chi connectivity index (χ1n) is 8.87. The van der Waals surface area contributed by atoms with Gasteiger partial charge in [-0.05, 0) is 43.3 Å². The number of rotatable bonds is 4. The molecular formula is C19H19F3N2O5S. The number of sulfonamides is 1. The summed E-state index contributed by atoms with van der Waals surface area (Å²) in [5.74, 6) is -0.268. The molecule has 1 atom stereocenters. The van der Waals surface area contributed by atoms with E-state index in [1.165, 1.54) is 44.4 Å². The fourth-order valence-corrected chi connectivity index (χ4v) is 4.76. The van der Waals surface area contributed by atoms with Crippen molar-refractivity contribution in [2.75, 3.05) is 25.5 Å². The molecule has 1 N–H and O–H groups in total. The van der Waals surface area contributed by atoms with Crippen molar-refractivity contribution < 1.29 is 35.9 Å². The van der Waals surface area contributed by atoms with Gasteiger partial charge in [0.2, 0.25) is 10.0 Å². The third-order valence-corrected chi connectivity index (χ3v) is 6.60. The van der Waals surface area contributed by atoms with E-state index in [2.05, 4.69) is 10.1 Å². The van der Waals surface area contributed by atoms with Crippen LogP contribution in [0.3, 0.4) is 0 Å². The molecule has 30 heavy (non-hydrogen) atoms. The second-order valence-corrected chi connectivity index (χ2v) is 8.38. The second-order valence-electron chi connectivity index (χ2n) is 6.52. The Kier molecular flexibility index (Phi) is 5.95. The molecule has 1 aliphatic heterocycles. The largest absolute Gasteiger partial charge is 0.468 e. The van der Waals surface area contributed by atoms with Gasteiger partial charge in [-0.2, -0.15) is 17.5 Å². The first-order valence-corrected chi connectivity index (χ1v) is 10.3. The van der Waals surface area contributed by atoms with Crippen LogP contribution in [-0.4, -0.2) is 44.9 Å². The smallest absolute Gasteiger partial charge is 0.416 e. The van der Waals surface area contributed by atoms with Crippen LogP contribution in [0.4, 0.5) is 18.9 Å². The molecule has 0 saturated carbocycles. The van der Waals surface area contributed by atoms with Crippen molar-refractivity contribution in [3.8, 4) is 11.5 Å². The molecule has 2 aromatic carbocycles. The topological polar surface area (TPSA) is 84.9 Å². The van der Waals surface area contributed by atoms with Crippen molar-refractivity contribution in [2.45, 2.75) is 24.0 Å². The Bertz CT molecular complexity index is 1040. The molecule has 0 unspecified atom stereocenters. The van der Waals surface area contributed by atoms with Gasteiger partial charge < -0.3 is 14.8 Å². The zero-order valence-electron chi connectivity index (χ0n) is 16.1. The van der Waals surface area contributed by atoms with E-state index in [0.29, 0.717) is 0 Å². The molecule has 0 aliphatic carbocycles.